The summed E-state index contributed by atoms with van der Waals surface area (Å²) in [6, 6.07) is 4.32. The van der Waals surface area contributed by atoms with Crippen LogP contribution in [0.15, 0.2) is 24.5 Å². The van der Waals surface area contributed by atoms with E-state index in [-0.39, 0.29) is 6.04 Å². The van der Waals surface area contributed by atoms with Crippen molar-refractivity contribution in [3.63, 3.8) is 0 Å². The second-order valence-corrected chi connectivity index (χ2v) is 4.09. The van der Waals surface area contributed by atoms with Crippen molar-refractivity contribution < 1.29 is 4.74 Å². The summed E-state index contributed by atoms with van der Waals surface area (Å²) in [5.41, 5.74) is 4.14. The van der Waals surface area contributed by atoms with Gasteiger partial charge in [0.15, 0.2) is 0 Å². The fourth-order valence-electron chi connectivity index (χ4n) is 1.70. The molecule has 0 bridgehead atoms. The standard InChI is InChI=1S/C12H21N3O/c1-10(5-8-16-2)12(15-13)9-11-3-6-14-7-4-11/h3-4,6-7,10,12,15H,5,8-9,13H2,1-2H3. The van der Waals surface area contributed by atoms with Crippen molar-refractivity contribution in [1.29, 1.82) is 0 Å². The molecule has 0 radical (unpaired) electrons. The number of hydrazine groups is 1. The van der Waals surface area contributed by atoms with Crippen LogP contribution in [-0.4, -0.2) is 24.7 Å². The summed E-state index contributed by atoms with van der Waals surface area (Å²) in [5, 5.41) is 0. The van der Waals surface area contributed by atoms with E-state index in [1.807, 2.05) is 24.5 Å². The second-order valence-electron chi connectivity index (χ2n) is 4.09. The topological polar surface area (TPSA) is 60.2 Å². The van der Waals surface area contributed by atoms with Gasteiger partial charge in [-0.1, -0.05) is 6.92 Å². The Balaban J connectivity index is 2.48. The van der Waals surface area contributed by atoms with Crippen LogP contribution in [0.25, 0.3) is 0 Å². The summed E-state index contributed by atoms with van der Waals surface area (Å²) in [7, 11) is 1.72. The summed E-state index contributed by atoms with van der Waals surface area (Å²) >= 11 is 0. The van der Waals surface area contributed by atoms with Gasteiger partial charge in [0.05, 0.1) is 0 Å². The molecule has 0 saturated heterocycles. The minimum Gasteiger partial charge on any atom is -0.385 e. The van der Waals surface area contributed by atoms with Gasteiger partial charge in [-0.05, 0) is 36.5 Å². The van der Waals surface area contributed by atoms with Gasteiger partial charge in [0.25, 0.3) is 0 Å². The van der Waals surface area contributed by atoms with Crippen molar-refractivity contribution >= 4 is 0 Å². The third kappa shape index (κ3) is 4.26. The van der Waals surface area contributed by atoms with E-state index in [4.69, 9.17) is 10.6 Å². The number of nitrogens with one attached hydrogen (secondary N) is 1. The van der Waals surface area contributed by atoms with Crippen molar-refractivity contribution in [2.24, 2.45) is 11.8 Å². The molecule has 1 aromatic rings. The molecule has 0 fully saturated rings. The van der Waals surface area contributed by atoms with Gasteiger partial charge in [0.1, 0.15) is 0 Å². The van der Waals surface area contributed by atoms with E-state index in [1.54, 1.807) is 7.11 Å². The molecule has 0 aliphatic heterocycles. The highest BCUT2D eigenvalue weighted by atomic mass is 16.5. The van der Waals surface area contributed by atoms with Crippen LogP contribution in [0.3, 0.4) is 0 Å². The maximum Gasteiger partial charge on any atom is 0.0465 e. The van der Waals surface area contributed by atoms with E-state index in [0.717, 1.165) is 19.4 Å². The summed E-state index contributed by atoms with van der Waals surface area (Å²) in [6.45, 7) is 2.96. The smallest absolute Gasteiger partial charge is 0.0465 e. The molecule has 1 heterocycles. The molecule has 0 aliphatic carbocycles. The highest BCUT2D eigenvalue weighted by molar-refractivity contribution is 5.11. The summed E-state index contributed by atoms with van der Waals surface area (Å²) < 4.78 is 5.08. The van der Waals surface area contributed by atoms with Crippen LogP contribution in [-0.2, 0) is 11.2 Å². The lowest BCUT2D eigenvalue weighted by molar-refractivity contribution is 0.170. The predicted octanol–water partition coefficient (Wildman–Crippen LogP) is 1.13. The molecule has 3 N–H and O–H groups in total. The monoisotopic (exact) mass is 223 g/mol. The van der Waals surface area contributed by atoms with E-state index >= 15 is 0 Å². The molecule has 16 heavy (non-hydrogen) atoms. The molecule has 2 atom stereocenters. The molecule has 0 aliphatic rings. The third-order valence-corrected chi connectivity index (χ3v) is 2.88. The average molecular weight is 223 g/mol. The molecule has 1 aromatic heterocycles. The van der Waals surface area contributed by atoms with Gasteiger partial charge in [-0.15, -0.1) is 0 Å². The molecule has 4 nitrogen and oxygen atoms in total. The highest BCUT2D eigenvalue weighted by Crippen LogP contribution is 2.12. The molecule has 0 spiro atoms. The van der Waals surface area contributed by atoms with Gasteiger partial charge < -0.3 is 4.74 Å². The normalized spacial score (nSPS) is 14.7. The lowest BCUT2D eigenvalue weighted by Crippen LogP contribution is -2.41. The van der Waals surface area contributed by atoms with Crippen molar-refractivity contribution in [3.05, 3.63) is 30.1 Å². The Bertz CT molecular complexity index is 279. The lowest BCUT2D eigenvalue weighted by Gasteiger charge is -2.23. The number of nitrogens with two attached hydrogens (primary N) is 1. The maximum atomic E-state index is 5.59. The number of methoxy groups -OCH3 is 1. The summed E-state index contributed by atoms with van der Waals surface area (Å²) in [6.07, 6.45) is 5.55. The van der Waals surface area contributed by atoms with Gasteiger partial charge >= 0.3 is 0 Å². The van der Waals surface area contributed by atoms with Gasteiger partial charge in [-0.25, -0.2) is 0 Å². The van der Waals surface area contributed by atoms with Crippen LogP contribution in [0.5, 0.6) is 0 Å². The van der Waals surface area contributed by atoms with Gasteiger partial charge in [0, 0.05) is 32.2 Å². The number of nitrogens with zero attached hydrogens (tertiary/aromatic N) is 1. The number of rotatable bonds is 7. The van der Waals surface area contributed by atoms with Crippen LogP contribution < -0.4 is 11.3 Å². The number of hydrogen-bond donors (Lipinski definition) is 2. The van der Waals surface area contributed by atoms with Crippen LogP contribution >= 0.6 is 0 Å². The zero-order valence-corrected chi connectivity index (χ0v) is 10.0. The first kappa shape index (κ1) is 13.1. The largest absolute Gasteiger partial charge is 0.385 e. The predicted molar refractivity (Wildman–Crippen MR) is 64.7 cm³/mol. The van der Waals surface area contributed by atoms with Crippen LogP contribution in [0.1, 0.15) is 18.9 Å². The third-order valence-electron chi connectivity index (χ3n) is 2.88. The Morgan fingerprint density at radius 1 is 1.44 bits per heavy atom. The SMILES string of the molecule is COCCC(C)C(Cc1ccncc1)NN. The number of aromatic nitrogens is 1. The Morgan fingerprint density at radius 2 is 2.12 bits per heavy atom. The van der Waals surface area contributed by atoms with E-state index in [9.17, 15) is 0 Å². The summed E-state index contributed by atoms with van der Waals surface area (Å²) in [4.78, 5) is 4.00. The van der Waals surface area contributed by atoms with Crippen molar-refractivity contribution in [3.8, 4) is 0 Å². The Kier molecular flexibility index (Phi) is 6.00. The lowest BCUT2D eigenvalue weighted by atomic mass is 9.93. The van der Waals surface area contributed by atoms with Gasteiger partial charge in [-0.3, -0.25) is 16.3 Å². The zero-order valence-electron chi connectivity index (χ0n) is 10.0. The Morgan fingerprint density at radius 3 is 2.69 bits per heavy atom. The van der Waals surface area contributed by atoms with Crippen molar-refractivity contribution in [2.75, 3.05) is 13.7 Å². The van der Waals surface area contributed by atoms with Gasteiger partial charge in [-0.2, -0.15) is 0 Å². The van der Waals surface area contributed by atoms with Crippen LogP contribution in [0.2, 0.25) is 0 Å². The second kappa shape index (κ2) is 7.33. The minimum atomic E-state index is 0.276. The number of pyridine rings is 1. The maximum absolute atomic E-state index is 5.59. The first-order valence-electron chi connectivity index (χ1n) is 5.62. The molecule has 0 aromatic carbocycles. The van der Waals surface area contributed by atoms with Crippen molar-refractivity contribution in [2.45, 2.75) is 25.8 Å². The molecule has 2 unspecified atom stereocenters. The fraction of sp³-hybridized carbons (Fsp3) is 0.583. The van der Waals surface area contributed by atoms with E-state index in [0.29, 0.717) is 5.92 Å². The number of hydrogen-bond acceptors (Lipinski definition) is 4. The highest BCUT2D eigenvalue weighted by Gasteiger charge is 2.15. The van der Waals surface area contributed by atoms with Gasteiger partial charge in [0.2, 0.25) is 0 Å². The molecule has 0 amide bonds. The van der Waals surface area contributed by atoms with Crippen molar-refractivity contribution in [1.82, 2.24) is 10.4 Å². The molecular formula is C12H21N3O. The first-order chi connectivity index (χ1) is 7.77. The molecule has 1 rings (SSSR count). The van der Waals surface area contributed by atoms with E-state index in [2.05, 4.69) is 17.3 Å². The van der Waals surface area contributed by atoms with E-state index < -0.39 is 0 Å². The average Bonchev–Trinajstić information content (AvgIpc) is 2.34. The molecule has 0 saturated carbocycles. The summed E-state index contributed by atoms with van der Waals surface area (Å²) in [5.74, 6) is 6.07. The number of ether oxygens (including phenoxy) is 1. The molecule has 90 valence electrons. The van der Waals surface area contributed by atoms with Crippen LogP contribution in [0, 0.1) is 5.92 Å². The zero-order chi connectivity index (χ0) is 11.8. The van der Waals surface area contributed by atoms with E-state index in [1.165, 1.54) is 5.56 Å². The Labute approximate surface area is 97.2 Å². The molecular weight excluding hydrogens is 202 g/mol. The Hall–Kier alpha value is -0.970. The first-order valence-corrected chi connectivity index (χ1v) is 5.62. The molecule has 4 heteroatoms. The quantitative estimate of drug-likeness (QED) is 0.537. The minimum absolute atomic E-state index is 0.276. The van der Waals surface area contributed by atoms with Crippen LogP contribution in [0.4, 0.5) is 0 Å². The fourth-order valence-corrected chi connectivity index (χ4v) is 1.70.